The molecule has 0 aliphatic rings. The van der Waals surface area contributed by atoms with Crippen LogP contribution in [0.25, 0.3) is 12.2 Å². The van der Waals surface area contributed by atoms with Crippen LogP contribution in [0.15, 0.2) is 46.9 Å². The Hall–Kier alpha value is -1.31. The molecule has 0 fully saturated rings. The zero-order valence-electron chi connectivity index (χ0n) is 20.9. The van der Waals surface area contributed by atoms with Gasteiger partial charge in [-0.1, -0.05) is 93.9 Å². The first-order valence-corrected chi connectivity index (χ1v) is 17.6. The summed E-state index contributed by atoms with van der Waals surface area (Å²) in [5.41, 5.74) is 2.25. The normalized spacial score (nSPS) is 13.5. The molecule has 2 aromatic carbocycles. The summed E-state index contributed by atoms with van der Waals surface area (Å²) in [4.78, 5) is 0. The van der Waals surface area contributed by atoms with E-state index in [1.54, 1.807) is 0 Å². The van der Waals surface area contributed by atoms with Crippen molar-refractivity contribution in [3.63, 3.8) is 0 Å². The Balaban J connectivity index is 2.47. The van der Waals surface area contributed by atoms with Crippen molar-refractivity contribution in [2.75, 3.05) is 0 Å². The highest BCUT2D eigenvalue weighted by Gasteiger charge is 2.42. The molecule has 0 aromatic heterocycles. The molecule has 0 heterocycles. The molecule has 0 saturated heterocycles. The highest BCUT2D eigenvalue weighted by Crippen LogP contribution is 2.43. The van der Waals surface area contributed by atoms with E-state index in [0.29, 0.717) is 0 Å². The quantitative estimate of drug-likeness (QED) is 0.280. The fraction of sp³-hybridized carbons (Fsp3) is 0.462. The molecule has 0 amide bonds. The Morgan fingerprint density at radius 1 is 0.710 bits per heavy atom. The minimum atomic E-state index is -2.01. The van der Waals surface area contributed by atoms with E-state index >= 15 is 0 Å². The van der Waals surface area contributed by atoms with Gasteiger partial charge in [-0.05, 0) is 65.6 Å². The molecule has 0 aliphatic heterocycles. The summed E-state index contributed by atoms with van der Waals surface area (Å²) in [5.74, 6) is 1.74. The third kappa shape index (κ3) is 6.59. The molecule has 170 valence electrons. The number of benzene rings is 2. The third-order valence-electron chi connectivity index (χ3n) is 6.67. The van der Waals surface area contributed by atoms with Crippen LogP contribution in [0.2, 0.25) is 36.3 Å². The van der Waals surface area contributed by atoms with Crippen molar-refractivity contribution in [1.29, 1.82) is 0 Å². The van der Waals surface area contributed by atoms with Crippen LogP contribution in [0, 0.1) is 0 Å². The lowest BCUT2D eigenvalue weighted by atomic mass is 10.1. The first kappa shape index (κ1) is 26.0. The van der Waals surface area contributed by atoms with Gasteiger partial charge in [0.1, 0.15) is 11.5 Å². The fourth-order valence-electron chi connectivity index (χ4n) is 2.44. The molecular formula is C26H39BrO2Si2. The predicted molar refractivity (Wildman–Crippen MR) is 145 cm³/mol. The Kier molecular flexibility index (Phi) is 7.77. The molecule has 5 heteroatoms. The van der Waals surface area contributed by atoms with E-state index in [1.807, 2.05) is 12.1 Å². The highest BCUT2D eigenvalue weighted by atomic mass is 79.9. The lowest BCUT2D eigenvalue weighted by Gasteiger charge is -2.39. The van der Waals surface area contributed by atoms with E-state index in [4.69, 9.17) is 8.85 Å². The van der Waals surface area contributed by atoms with Gasteiger partial charge in [-0.15, -0.1) is 0 Å². The van der Waals surface area contributed by atoms with Crippen LogP contribution < -0.4 is 8.85 Å². The molecular weight excluding hydrogens is 480 g/mol. The molecule has 31 heavy (non-hydrogen) atoms. The van der Waals surface area contributed by atoms with Crippen molar-refractivity contribution >= 4 is 44.7 Å². The maximum atomic E-state index is 6.77. The van der Waals surface area contributed by atoms with Crippen molar-refractivity contribution in [2.45, 2.75) is 77.8 Å². The van der Waals surface area contributed by atoms with Gasteiger partial charge in [-0.3, -0.25) is 0 Å². The topological polar surface area (TPSA) is 18.5 Å². The van der Waals surface area contributed by atoms with E-state index in [9.17, 15) is 0 Å². The first-order valence-electron chi connectivity index (χ1n) is 11.0. The van der Waals surface area contributed by atoms with Crippen LogP contribution in [-0.4, -0.2) is 16.6 Å². The largest absolute Gasteiger partial charge is 0.541 e. The van der Waals surface area contributed by atoms with Gasteiger partial charge in [0.15, 0.2) is 0 Å². The van der Waals surface area contributed by atoms with Crippen molar-refractivity contribution in [3.8, 4) is 11.5 Å². The van der Waals surface area contributed by atoms with Gasteiger partial charge < -0.3 is 8.85 Å². The summed E-state index contributed by atoms with van der Waals surface area (Å²) < 4.78 is 14.5. The van der Waals surface area contributed by atoms with Gasteiger partial charge in [0.25, 0.3) is 16.6 Å². The molecule has 0 radical (unpaired) electrons. The van der Waals surface area contributed by atoms with E-state index in [2.05, 4.69) is 126 Å². The molecule has 0 N–H and O–H groups in total. The Bertz CT molecular complexity index is 935. The third-order valence-corrected chi connectivity index (χ3v) is 16.1. The molecule has 0 aliphatic carbocycles. The van der Waals surface area contributed by atoms with Gasteiger partial charge in [-0.2, -0.15) is 0 Å². The summed E-state index contributed by atoms with van der Waals surface area (Å²) in [6.07, 6.45) is 4.26. The summed E-state index contributed by atoms with van der Waals surface area (Å²) in [5, 5.41) is 0.237. The van der Waals surface area contributed by atoms with Crippen molar-refractivity contribution < 1.29 is 8.85 Å². The lowest BCUT2D eigenvalue weighted by molar-refractivity contribution is 0.440. The van der Waals surface area contributed by atoms with Gasteiger partial charge in [-0.25, -0.2) is 0 Å². The second-order valence-electron chi connectivity index (χ2n) is 11.3. The molecule has 2 nitrogen and oxygen atoms in total. The van der Waals surface area contributed by atoms with Crippen molar-refractivity contribution in [3.05, 3.63) is 58.1 Å². The second kappa shape index (κ2) is 9.28. The maximum absolute atomic E-state index is 6.77. The van der Waals surface area contributed by atoms with Gasteiger partial charge in [0.05, 0.1) is 0 Å². The Morgan fingerprint density at radius 2 is 1.23 bits per heavy atom. The van der Waals surface area contributed by atoms with Gasteiger partial charge >= 0.3 is 0 Å². The summed E-state index contributed by atoms with van der Waals surface area (Å²) in [7, 11) is -4.00. The second-order valence-corrected chi connectivity index (χ2v) is 21.6. The van der Waals surface area contributed by atoms with Crippen molar-refractivity contribution in [1.82, 2.24) is 0 Å². The van der Waals surface area contributed by atoms with Crippen LogP contribution in [0.5, 0.6) is 11.5 Å². The average Bonchev–Trinajstić information content (AvgIpc) is 2.60. The number of halogens is 1. The molecule has 0 unspecified atom stereocenters. The Morgan fingerprint density at radius 3 is 1.74 bits per heavy atom. The zero-order chi connectivity index (χ0) is 23.7. The number of hydrogen-bond donors (Lipinski definition) is 0. The minimum absolute atomic E-state index is 0.113. The summed E-state index contributed by atoms with van der Waals surface area (Å²) in [6, 6.07) is 14.6. The van der Waals surface area contributed by atoms with E-state index in [0.717, 1.165) is 27.1 Å². The Labute approximate surface area is 200 Å². The average molecular weight is 520 g/mol. The van der Waals surface area contributed by atoms with E-state index in [-0.39, 0.29) is 10.1 Å². The monoisotopic (exact) mass is 518 g/mol. The van der Waals surface area contributed by atoms with Crippen molar-refractivity contribution in [2.24, 2.45) is 0 Å². The molecule has 2 aromatic rings. The number of rotatable bonds is 6. The zero-order valence-corrected chi connectivity index (χ0v) is 24.5. The van der Waals surface area contributed by atoms with Crippen LogP contribution in [0.1, 0.15) is 52.7 Å². The SMILES string of the molecule is CC(C)(C)[Si](C)(C)Oc1ccc(C=Cc2ccccc2Br)cc1O[Si](C)(C)C(C)(C)C. The molecule has 0 spiro atoms. The lowest BCUT2D eigenvalue weighted by Crippen LogP contribution is -2.45. The van der Waals surface area contributed by atoms with E-state index in [1.165, 1.54) is 0 Å². The number of hydrogen-bond acceptors (Lipinski definition) is 2. The summed E-state index contributed by atoms with van der Waals surface area (Å²) in [6.45, 7) is 22.7. The van der Waals surface area contributed by atoms with Gasteiger partial charge in [0, 0.05) is 4.47 Å². The van der Waals surface area contributed by atoms with Gasteiger partial charge in [0.2, 0.25) is 0 Å². The summed E-state index contributed by atoms with van der Waals surface area (Å²) >= 11 is 3.62. The van der Waals surface area contributed by atoms with E-state index < -0.39 is 16.6 Å². The highest BCUT2D eigenvalue weighted by molar-refractivity contribution is 9.10. The van der Waals surface area contributed by atoms with Crippen LogP contribution in [0.4, 0.5) is 0 Å². The smallest absolute Gasteiger partial charge is 0.250 e. The fourth-order valence-corrected chi connectivity index (χ4v) is 4.90. The molecule has 0 bridgehead atoms. The standard InChI is InChI=1S/C26H39BrO2Si2/c1-25(2,3)30(7,8)28-23-18-16-20(15-17-21-13-11-12-14-22(21)27)19-24(23)29-31(9,10)26(4,5)6/h11-19H,1-10H3. The first-order chi connectivity index (χ1) is 14.0. The predicted octanol–water partition coefficient (Wildman–Crippen LogP) is 9.39. The van der Waals surface area contributed by atoms with Crippen LogP contribution >= 0.6 is 15.9 Å². The minimum Gasteiger partial charge on any atom is -0.541 e. The van der Waals surface area contributed by atoms with Crippen LogP contribution in [-0.2, 0) is 0 Å². The van der Waals surface area contributed by atoms with Crippen LogP contribution in [0.3, 0.4) is 0 Å². The molecule has 0 atom stereocenters. The molecule has 2 rings (SSSR count). The molecule has 0 saturated carbocycles. The maximum Gasteiger partial charge on any atom is 0.250 e.